The van der Waals surface area contributed by atoms with Crippen molar-refractivity contribution in [2.45, 2.75) is 24.6 Å². The van der Waals surface area contributed by atoms with Gasteiger partial charge in [0.15, 0.2) is 5.75 Å². The molecule has 1 aromatic heterocycles. The van der Waals surface area contributed by atoms with E-state index >= 15 is 0 Å². The van der Waals surface area contributed by atoms with Gasteiger partial charge in [-0.2, -0.15) is 0 Å². The van der Waals surface area contributed by atoms with E-state index in [2.05, 4.69) is 9.47 Å². The number of sulfonamides is 1. The minimum Gasteiger partial charge on any atom is -0.461 e. The van der Waals surface area contributed by atoms with Gasteiger partial charge in [-0.1, -0.05) is 6.92 Å². The number of carbonyl (C=O) groups is 1. The summed E-state index contributed by atoms with van der Waals surface area (Å²) >= 11 is 0.444. The maximum absolute atomic E-state index is 12.2. The van der Waals surface area contributed by atoms with Gasteiger partial charge in [0.2, 0.25) is 10.0 Å². The Morgan fingerprint density at radius 2 is 2.05 bits per heavy atom. The van der Waals surface area contributed by atoms with Crippen LogP contribution in [0.4, 0.5) is 13.2 Å². The molecule has 0 fully saturated rings. The Bertz CT molecular complexity index is 593. The highest BCUT2D eigenvalue weighted by Crippen LogP contribution is 2.36. The molecule has 114 valence electrons. The first kappa shape index (κ1) is 16.7. The molecule has 6 nitrogen and oxygen atoms in total. The number of halogens is 3. The normalized spacial score (nSPS) is 12.2. The number of hydrogen-bond acceptors (Lipinski definition) is 6. The number of rotatable bonds is 5. The summed E-state index contributed by atoms with van der Waals surface area (Å²) in [6.07, 6.45) is -4.64. The molecule has 0 bridgehead atoms. The Morgan fingerprint density at radius 3 is 2.50 bits per heavy atom. The molecule has 1 heterocycles. The van der Waals surface area contributed by atoms with Crippen molar-refractivity contribution in [1.29, 1.82) is 0 Å². The first-order valence-electron chi connectivity index (χ1n) is 5.13. The topological polar surface area (TPSA) is 95.7 Å². The first-order valence-corrected chi connectivity index (χ1v) is 7.56. The van der Waals surface area contributed by atoms with Crippen LogP contribution in [0.3, 0.4) is 0 Å². The number of esters is 1. The van der Waals surface area contributed by atoms with Crippen molar-refractivity contribution in [3.8, 4) is 5.75 Å². The SMILES string of the molecule is CCCOC(=O)c1scc(OC(F)(F)F)c1S(N)(=O)=O. The van der Waals surface area contributed by atoms with Crippen LogP contribution >= 0.6 is 11.3 Å². The Kier molecular flexibility index (Phi) is 5.00. The number of nitrogens with two attached hydrogens (primary N) is 1. The second kappa shape index (κ2) is 5.97. The molecule has 0 aromatic carbocycles. The lowest BCUT2D eigenvalue weighted by Crippen LogP contribution is -2.21. The summed E-state index contributed by atoms with van der Waals surface area (Å²) in [7, 11) is -4.58. The van der Waals surface area contributed by atoms with Crippen LogP contribution in [-0.4, -0.2) is 27.4 Å². The first-order chi connectivity index (χ1) is 9.06. The molecule has 0 amide bonds. The van der Waals surface area contributed by atoms with Crippen LogP contribution in [-0.2, 0) is 14.8 Å². The van der Waals surface area contributed by atoms with E-state index < -0.39 is 37.9 Å². The van der Waals surface area contributed by atoms with E-state index in [0.29, 0.717) is 17.8 Å². The molecule has 0 unspecified atom stereocenters. The number of thiophene rings is 1. The molecule has 0 spiro atoms. The lowest BCUT2D eigenvalue weighted by atomic mass is 10.4. The van der Waals surface area contributed by atoms with Crippen molar-refractivity contribution in [3.05, 3.63) is 10.3 Å². The molecule has 0 atom stereocenters. The van der Waals surface area contributed by atoms with E-state index in [1.54, 1.807) is 6.92 Å². The largest absolute Gasteiger partial charge is 0.573 e. The number of ether oxygens (including phenoxy) is 2. The average Bonchev–Trinajstić information content (AvgIpc) is 2.66. The molecular weight excluding hydrogens is 323 g/mol. The fraction of sp³-hybridized carbons (Fsp3) is 0.444. The van der Waals surface area contributed by atoms with E-state index in [-0.39, 0.29) is 6.61 Å². The van der Waals surface area contributed by atoms with Crippen molar-refractivity contribution in [2.24, 2.45) is 5.14 Å². The van der Waals surface area contributed by atoms with E-state index in [1.807, 2.05) is 0 Å². The van der Waals surface area contributed by atoms with Crippen LogP contribution < -0.4 is 9.88 Å². The fourth-order valence-electron chi connectivity index (χ4n) is 1.20. The van der Waals surface area contributed by atoms with Crippen LogP contribution in [0.25, 0.3) is 0 Å². The molecule has 0 saturated carbocycles. The summed E-state index contributed by atoms with van der Waals surface area (Å²) in [6, 6.07) is 0. The van der Waals surface area contributed by atoms with Crippen LogP contribution in [0.1, 0.15) is 23.0 Å². The van der Waals surface area contributed by atoms with E-state index in [4.69, 9.17) is 5.14 Å². The van der Waals surface area contributed by atoms with E-state index in [0.717, 1.165) is 5.38 Å². The van der Waals surface area contributed by atoms with Gasteiger partial charge in [0, 0.05) is 5.38 Å². The Balaban J connectivity index is 3.24. The Hall–Kier alpha value is -1.33. The molecule has 1 rings (SSSR count). The second-order valence-corrected chi connectivity index (χ2v) is 5.86. The molecule has 11 heteroatoms. The van der Waals surface area contributed by atoms with Gasteiger partial charge < -0.3 is 9.47 Å². The third kappa shape index (κ3) is 4.35. The smallest absolute Gasteiger partial charge is 0.461 e. The number of carbonyl (C=O) groups excluding carboxylic acids is 1. The van der Waals surface area contributed by atoms with Crippen molar-refractivity contribution in [2.75, 3.05) is 6.61 Å². The standard InChI is InChI=1S/C9H10F3NO5S2/c1-2-3-17-8(14)6-7(20(13,15)16)5(4-19-6)18-9(10,11)12/h4H,2-3H2,1H3,(H2,13,15,16). The molecular formula is C9H10F3NO5S2. The molecule has 2 N–H and O–H groups in total. The van der Waals surface area contributed by atoms with Crippen molar-refractivity contribution in [3.63, 3.8) is 0 Å². The zero-order valence-corrected chi connectivity index (χ0v) is 11.7. The van der Waals surface area contributed by atoms with Gasteiger partial charge in [0.1, 0.15) is 9.77 Å². The van der Waals surface area contributed by atoms with Gasteiger partial charge in [0.25, 0.3) is 0 Å². The van der Waals surface area contributed by atoms with Crippen molar-refractivity contribution >= 4 is 27.3 Å². The van der Waals surface area contributed by atoms with Crippen molar-refractivity contribution in [1.82, 2.24) is 0 Å². The zero-order valence-electron chi connectivity index (χ0n) is 10.1. The number of alkyl halides is 3. The maximum atomic E-state index is 12.2. The summed E-state index contributed by atoms with van der Waals surface area (Å²) in [4.78, 5) is 10.00. The van der Waals surface area contributed by atoms with Crippen LogP contribution in [0.2, 0.25) is 0 Å². The predicted molar refractivity (Wildman–Crippen MR) is 62.9 cm³/mol. The third-order valence-electron chi connectivity index (χ3n) is 1.85. The number of primary sulfonamides is 1. The molecule has 0 saturated heterocycles. The highest BCUT2D eigenvalue weighted by Gasteiger charge is 2.37. The highest BCUT2D eigenvalue weighted by molar-refractivity contribution is 7.89. The minimum atomic E-state index is -5.11. The monoisotopic (exact) mass is 333 g/mol. The quantitative estimate of drug-likeness (QED) is 0.830. The summed E-state index contributed by atoms with van der Waals surface area (Å²) in [6.45, 7) is 1.69. The lowest BCUT2D eigenvalue weighted by Gasteiger charge is -2.09. The van der Waals surface area contributed by atoms with Gasteiger partial charge in [-0.05, 0) is 6.42 Å². The summed E-state index contributed by atoms with van der Waals surface area (Å²) < 4.78 is 67.3. The highest BCUT2D eigenvalue weighted by atomic mass is 32.2. The van der Waals surface area contributed by atoms with E-state index in [9.17, 15) is 26.4 Å². The Morgan fingerprint density at radius 1 is 1.45 bits per heavy atom. The van der Waals surface area contributed by atoms with Crippen LogP contribution in [0, 0.1) is 0 Å². The molecule has 0 aliphatic carbocycles. The maximum Gasteiger partial charge on any atom is 0.573 e. The molecule has 20 heavy (non-hydrogen) atoms. The zero-order chi connectivity index (χ0) is 15.6. The van der Waals surface area contributed by atoms with Gasteiger partial charge in [-0.25, -0.2) is 18.4 Å². The van der Waals surface area contributed by atoms with E-state index in [1.165, 1.54) is 0 Å². The fourth-order valence-corrected chi connectivity index (χ4v) is 3.24. The second-order valence-electron chi connectivity index (χ2n) is 3.49. The van der Waals surface area contributed by atoms with Gasteiger partial charge >= 0.3 is 12.3 Å². The van der Waals surface area contributed by atoms with Gasteiger partial charge in [0.05, 0.1) is 6.61 Å². The van der Waals surface area contributed by atoms with Gasteiger partial charge in [-0.3, -0.25) is 0 Å². The number of hydrogen-bond donors (Lipinski definition) is 1. The summed E-state index contributed by atoms with van der Waals surface area (Å²) in [5.74, 6) is -2.12. The summed E-state index contributed by atoms with van der Waals surface area (Å²) in [5.41, 5.74) is 0. The molecule has 0 radical (unpaired) electrons. The predicted octanol–water partition coefficient (Wildman–Crippen LogP) is 1.86. The Labute approximate surface area is 116 Å². The third-order valence-corrected chi connectivity index (χ3v) is 3.89. The van der Waals surface area contributed by atoms with Crippen LogP contribution in [0.5, 0.6) is 5.75 Å². The van der Waals surface area contributed by atoms with Gasteiger partial charge in [-0.15, -0.1) is 24.5 Å². The molecule has 1 aromatic rings. The lowest BCUT2D eigenvalue weighted by molar-refractivity contribution is -0.275. The van der Waals surface area contributed by atoms with Crippen molar-refractivity contribution < 1.29 is 35.9 Å². The average molecular weight is 333 g/mol. The minimum absolute atomic E-state index is 0.00372. The van der Waals surface area contributed by atoms with Crippen LogP contribution in [0.15, 0.2) is 10.3 Å². The summed E-state index contributed by atoms with van der Waals surface area (Å²) in [5, 5.41) is 5.54. The molecule has 0 aliphatic heterocycles. The molecule has 0 aliphatic rings.